The lowest BCUT2D eigenvalue weighted by Gasteiger charge is -2.09. The van der Waals surface area contributed by atoms with Gasteiger partial charge in [0, 0.05) is 23.7 Å². The van der Waals surface area contributed by atoms with E-state index in [0.29, 0.717) is 34.2 Å². The zero-order valence-electron chi connectivity index (χ0n) is 20.2. The Morgan fingerprint density at radius 3 is 2.26 bits per heavy atom. The highest BCUT2D eigenvalue weighted by atomic mass is 32.2. The van der Waals surface area contributed by atoms with Crippen LogP contribution in [0.2, 0.25) is 0 Å². The van der Waals surface area contributed by atoms with E-state index in [-0.39, 0.29) is 10.7 Å². The Morgan fingerprint density at radius 1 is 1.00 bits per heavy atom. The van der Waals surface area contributed by atoms with Crippen molar-refractivity contribution in [2.24, 2.45) is 0 Å². The summed E-state index contributed by atoms with van der Waals surface area (Å²) in [5.41, 5.74) is 10.5. The quantitative estimate of drug-likeness (QED) is 0.361. The van der Waals surface area contributed by atoms with Crippen molar-refractivity contribution in [1.29, 1.82) is 0 Å². The van der Waals surface area contributed by atoms with Crippen LogP contribution in [0.25, 0.3) is 34.0 Å². The summed E-state index contributed by atoms with van der Waals surface area (Å²) in [6, 6.07) is 16.5. The predicted molar refractivity (Wildman–Crippen MR) is 143 cm³/mol. The molecular formula is C24H27B2N5O3S. The van der Waals surface area contributed by atoms with Gasteiger partial charge in [0.25, 0.3) is 0 Å². The van der Waals surface area contributed by atoms with Gasteiger partial charge in [0.2, 0.25) is 0 Å². The molecular weight excluding hydrogens is 460 g/mol. The van der Waals surface area contributed by atoms with Crippen molar-refractivity contribution in [2.75, 3.05) is 5.73 Å². The van der Waals surface area contributed by atoms with E-state index in [4.69, 9.17) is 10.3 Å². The standard InChI is InChI=1S/C24H27B2N5O3S/c1-14(2)35(32,33)18-9-7-17(8-10-18)20-13-28-23(27)22(30-20)21-11-19(31-34-21)16-5-3-15(4-6-16)12-29-24(25)26/h3-11,13-14,24,29H,12,25-26H2,1-2H3,(H2,27,28). The number of nitrogens with one attached hydrogen (secondary N) is 1. The average molecular weight is 487 g/mol. The second-order valence-corrected chi connectivity index (χ2v) is 11.4. The number of hydrogen-bond acceptors (Lipinski definition) is 8. The monoisotopic (exact) mass is 487 g/mol. The van der Waals surface area contributed by atoms with Crippen LogP contribution in [0, 0.1) is 0 Å². The lowest BCUT2D eigenvalue weighted by atomic mass is 9.79. The van der Waals surface area contributed by atoms with Gasteiger partial charge in [-0.2, -0.15) is 0 Å². The lowest BCUT2D eigenvalue weighted by molar-refractivity contribution is 0.434. The maximum Gasteiger partial charge on any atom is 0.189 e. The number of benzene rings is 2. The van der Waals surface area contributed by atoms with Gasteiger partial charge in [-0.15, -0.1) is 0 Å². The van der Waals surface area contributed by atoms with Gasteiger partial charge in [0.1, 0.15) is 21.4 Å². The topological polar surface area (TPSA) is 124 Å². The number of aromatic nitrogens is 3. The summed E-state index contributed by atoms with van der Waals surface area (Å²) in [5.74, 6) is 1.03. The molecule has 0 unspecified atom stereocenters. The normalized spacial score (nSPS) is 11.9. The number of nitrogen functional groups attached to an aromatic ring is 1. The van der Waals surface area contributed by atoms with Crippen molar-refractivity contribution in [3.05, 3.63) is 66.4 Å². The Bertz CT molecular complexity index is 1420. The highest BCUT2D eigenvalue weighted by Gasteiger charge is 2.20. The fourth-order valence-corrected chi connectivity index (χ4v) is 4.50. The van der Waals surface area contributed by atoms with Gasteiger partial charge in [0.15, 0.2) is 27.1 Å². The molecule has 0 spiro atoms. The molecule has 0 fully saturated rings. The third-order valence-electron chi connectivity index (χ3n) is 5.61. The third-order valence-corrected chi connectivity index (χ3v) is 7.78. The molecule has 3 N–H and O–H groups in total. The van der Waals surface area contributed by atoms with E-state index in [2.05, 4.69) is 48.3 Å². The molecule has 2 aromatic heterocycles. The van der Waals surface area contributed by atoms with Gasteiger partial charge >= 0.3 is 0 Å². The molecule has 178 valence electrons. The van der Waals surface area contributed by atoms with E-state index in [1.165, 1.54) is 5.56 Å². The molecule has 11 heteroatoms. The number of anilines is 1. The Kier molecular flexibility index (Phi) is 7.09. The Hall–Kier alpha value is -3.43. The summed E-state index contributed by atoms with van der Waals surface area (Å²) >= 11 is 0. The molecule has 0 radical (unpaired) electrons. The number of nitrogens with two attached hydrogens (primary N) is 1. The highest BCUT2D eigenvalue weighted by molar-refractivity contribution is 7.92. The predicted octanol–water partition coefficient (Wildman–Crippen LogP) is 1.87. The number of sulfone groups is 1. The summed E-state index contributed by atoms with van der Waals surface area (Å²) in [6.45, 7) is 4.11. The third kappa shape index (κ3) is 5.47. The van der Waals surface area contributed by atoms with Gasteiger partial charge in [-0.1, -0.05) is 47.4 Å². The summed E-state index contributed by atoms with van der Waals surface area (Å²) < 4.78 is 30.3. The summed E-state index contributed by atoms with van der Waals surface area (Å²) in [5, 5.41) is 7.08. The second-order valence-electron chi connectivity index (χ2n) is 8.92. The smallest absolute Gasteiger partial charge is 0.189 e. The van der Waals surface area contributed by atoms with E-state index >= 15 is 0 Å². The fraction of sp³-hybridized carbons (Fsp3) is 0.208. The van der Waals surface area contributed by atoms with Crippen LogP contribution in [0.1, 0.15) is 19.4 Å². The van der Waals surface area contributed by atoms with Crippen LogP contribution < -0.4 is 11.1 Å². The first-order valence-corrected chi connectivity index (χ1v) is 13.0. The maximum absolute atomic E-state index is 12.4. The fourth-order valence-electron chi connectivity index (χ4n) is 3.44. The van der Waals surface area contributed by atoms with E-state index in [0.717, 1.165) is 12.1 Å². The molecule has 8 nitrogen and oxygen atoms in total. The summed E-state index contributed by atoms with van der Waals surface area (Å²) in [7, 11) is 0.874. The van der Waals surface area contributed by atoms with Crippen LogP contribution in [-0.4, -0.2) is 50.3 Å². The SMILES string of the molecule is BC(B)NCc1ccc(-c2cc(-c3nc(-c4ccc(S(=O)(=O)C(C)C)cc4)cnc3N)on2)cc1. The van der Waals surface area contributed by atoms with Crippen molar-refractivity contribution in [1.82, 2.24) is 20.4 Å². The van der Waals surface area contributed by atoms with Gasteiger partial charge in [-0.25, -0.2) is 18.4 Å². The zero-order chi connectivity index (χ0) is 25.2. The van der Waals surface area contributed by atoms with E-state index in [1.54, 1.807) is 50.4 Å². The average Bonchev–Trinajstić information content (AvgIpc) is 3.33. The van der Waals surface area contributed by atoms with Crippen LogP contribution in [-0.2, 0) is 16.4 Å². The van der Waals surface area contributed by atoms with Gasteiger partial charge < -0.3 is 15.6 Å². The van der Waals surface area contributed by atoms with Gasteiger partial charge in [-0.3, -0.25) is 0 Å². The maximum atomic E-state index is 12.4. The minimum Gasteiger partial charge on any atom is -0.382 e. The molecule has 2 heterocycles. The van der Waals surface area contributed by atoms with Crippen LogP contribution in [0.15, 0.2) is 70.2 Å². The molecule has 0 atom stereocenters. The molecule has 0 amide bonds. The van der Waals surface area contributed by atoms with Crippen molar-refractivity contribution in [3.63, 3.8) is 0 Å². The molecule has 0 aliphatic carbocycles. The first-order chi connectivity index (χ1) is 16.6. The first kappa shape index (κ1) is 24.7. The van der Waals surface area contributed by atoms with Crippen LogP contribution in [0.5, 0.6) is 0 Å². The highest BCUT2D eigenvalue weighted by Crippen LogP contribution is 2.30. The van der Waals surface area contributed by atoms with Gasteiger partial charge in [0.05, 0.1) is 22.0 Å². The second kappa shape index (κ2) is 10.1. The van der Waals surface area contributed by atoms with E-state index < -0.39 is 15.1 Å². The number of nitrogens with zero attached hydrogens (tertiary/aromatic N) is 3. The minimum atomic E-state index is -3.35. The largest absolute Gasteiger partial charge is 0.382 e. The molecule has 0 aliphatic heterocycles. The lowest BCUT2D eigenvalue weighted by Crippen LogP contribution is -2.28. The summed E-state index contributed by atoms with van der Waals surface area (Å²) in [6.07, 6.45) is 1.55. The Labute approximate surface area is 207 Å². The molecule has 0 aliphatic rings. The summed E-state index contributed by atoms with van der Waals surface area (Å²) in [4.78, 5) is 9.15. The van der Waals surface area contributed by atoms with Gasteiger partial charge in [-0.05, 0) is 31.5 Å². The Morgan fingerprint density at radius 2 is 1.63 bits per heavy atom. The number of hydrogen-bond donors (Lipinski definition) is 2. The molecule has 0 bridgehead atoms. The van der Waals surface area contributed by atoms with Crippen LogP contribution in [0.4, 0.5) is 5.82 Å². The first-order valence-electron chi connectivity index (χ1n) is 11.4. The Balaban J connectivity index is 1.58. The molecule has 4 rings (SSSR count). The minimum absolute atomic E-state index is 0.213. The molecule has 0 saturated heterocycles. The molecule has 0 saturated carbocycles. The van der Waals surface area contributed by atoms with Crippen molar-refractivity contribution in [3.8, 4) is 34.0 Å². The van der Waals surface area contributed by atoms with Crippen LogP contribution >= 0.6 is 0 Å². The van der Waals surface area contributed by atoms with Crippen LogP contribution in [0.3, 0.4) is 0 Å². The number of rotatable bonds is 8. The molecule has 35 heavy (non-hydrogen) atoms. The van der Waals surface area contributed by atoms with Crippen molar-refractivity contribution in [2.45, 2.75) is 36.4 Å². The van der Waals surface area contributed by atoms with Crippen molar-refractivity contribution < 1.29 is 12.9 Å². The molecule has 4 aromatic rings. The molecule has 2 aromatic carbocycles. The van der Waals surface area contributed by atoms with E-state index in [9.17, 15) is 8.42 Å². The zero-order valence-corrected chi connectivity index (χ0v) is 21.0. The van der Waals surface area contributed by atoms with E-state index in [1.807, 2.05) is 12.1 Å². The van der Waals surface area contributed by atoms with Crippen molar-refractivity contribution >= 4 is 31.3 Å².